The summed E-state index contributed by atoms with van der Waals surface area (Å²) in [6, 6.07) is 2.16. The monoisotopic (exact) mass is 547 g/mol. The molecule has 40 heavy (non-hydrogen) atoms. The number of carbonyl (C=O) groups is 3. The SMILES string of the molecule is CCC=CCC=CCC=CCC=CCC=CCC=CCCC(=O)NCCC[C@H](NC(=O)c1cccnc1)C(=O)O. The highest BCUT2D eigenvalue weighted by Crippen LogP contribution is 2.02. The molecule has 7 heteroatoms. The summed E-state index contributed by atoms with van der Waals surface area (Å²) in [7, 11) is 0. The maximum atomic E-state index is 12.1. The number of nitrogens with zero attached hydrogens (tertiary/aromatic N) is 1. The minimum absolute atomic E-state index is 0.0780. The number of amides is 2. The van der Waals surface area contributed by atoms with E-state index in [1.807, 2.05) is 12.2 Å². The van der Waals surface area contributed by atoms with Gasteiger partial charge in [0, 0.05) is 25.4 Å². The van der Waals surface area contributed by atoms with Crippen molar-refractivity contribution in [3.8, 4) is 0 Å². The van der Waals surface area contributed by atoms with Crippen LogP contribution in [0.1, 0.15) is 81.5 Å². The van der Waals surface area contributed by atoms with Crippen molar-refractivity contribution in [3.05, 3.63) is 103 Å². The summed E-state index contributed by atoms with van der Waals surface area (Å²) in [5, 5.41) is 14.7. The van der Waals surface area contributed by atoms with Crippen LogP contribution >= 0.6 is 0 Å². The summed E-state index contributed by atoms with van der Waals surface area (Å²) in [6.07, 6.45) is 36.1. The fourth-order valence-corrected chi connectivity index (χ4v) is 3.47. The highest BCUT2D eigenvalue weighted by atomic mass is 16.4. The second-order valence-electron chi connectivity index (χ2n) is 9.05. The fraction of sp³-hybridized carbons (Fsp3) is 0.394. The molecule has 216 valence electrons. The maximum absolute atomic E-state index is 12.1. The van der Waals surface area contributed by atoms with Gasteiger partial charge >= 0.3 is 5.97 Å². The van der Waals surface area contributed by atoms with Gasteiger partial charge in [0.25, 0.3) is 5.91 Å². The maximum Gasteiger partial charge on any atom is 0.326 e. The van der Waals surface area contributed by atoms with E-state index >= 15 is 0 Å². The number of rotatable bonds is 21. The number of carboxylic acids is 1. The third kappa shape index (κ3) is 19.1. The molecule has 1 heterocycles. The molecule has 0 aliphatic rings. The summed E-state index contributed by atoms with van der Waals surface area (Å²) < 4.78 is 0. The predicted molar refractivity (Wildman–Crippen MR) is 163 cm³/mol. The minimum Gasteiger partial charge on any atom is -0.480 e. The standard InChI is InChI=1S/C33H45N3O4/c1-2-3-4-5-6-7-8-9-10-11-12-13-14-15-16-17-18-19-20-25-31(37)35-27-22-24-30(33(39)40)36-32(38)29-23-21-26-34-28-29/h3-4,6-7,9-10,12-13,15-16,18-19,21,23,26,28,30H,2,5,8,11,14,17,20,22,24-25,27H2,1H3,(H,35,37)(H,36,38)(H,39,40)/t30-/m0/s1. The van der Waals surface area contributed by atoms with Gasteiger partial charge in [-0.05, 0) is 69.9 Å². The van der Waals surface area contributed by atoms with Crippen molar-refractivity contribution >= 4 is 17.8 Å². The third-order valence-corrected chi connectivity index (χ3v) is 5.65. The highest BCUT2D eigenvalue weighted by molar-refractivity contribution is 5.96. The number of nitrogens with one attached hydrogen (secondary N) is 2. The molecular formula is C33H45N3O4. The molecule has 1 aromatic rings. The van der Waals surface area contributed by atoms with Gasteiger partial charge in [0.2, 0.25) is 5.91 Å². The van der Waals surface area contributed by atoms with Gasteiger partial charge in [0.15, 0.2) is 0 Å². The van der Waals surface area contributed by atoms with E-state index < -0.39 is 17.9 Å². The van der Waals surface area contributed by atoms with Gasteiger partial charge < -0.3 is 15.7 Å². The van der Waals surface area contributed by atoms with Gasteiger partial charge in [-0.15, -0.1) is 0 Å². The molecule has 0 radical (unpaired) electrons. The lowest BCUT2D eigenvalue weighted by atomic mass is 10.1. The first-order valence-corrected chi connectivity index (χ1v) is 14.1. The van der Waals surface area contributed by atoms with Gasteiger partial charge in [0.05, 0.1) is 5.56 Å². The molecule has 0 spiro atoms. The van der Waals surface area contributed by atoms with Gasteiger partial charge in [-0.2, -0.15) is 0 Å². The van der Waals surface area contributed by atoms with Crippen molar-refractivity contribution in [2.24, 2.45) is 0 Å². The summed E-state index contributed by atoms with van der Waals surface area (Å²) in [4.78, 5) is 39.5. The third-order valence-electron chi connectivity index (χ3n) is 5.65. The van der Waals surface area contributed by atoms with E-state index in [1.54, 1.807) is 12.1 Å². The zero-order valence-electron chi connectivity index (χ0n) is 23.7. The highest BCUT2D eigenvalue weighted by Gasteiger charge is 2.20. The molecular weight excluding hydrogens is 502 g/mol. The number of aliphatic carboxylic acids is 1. The molecule has 0 aliphatic carbocycles. The van der Waals surface area contributed by atoms with Crippen LogP contribution in [-0.2, 0) is 9.59 Å². The zero-order valence-corrected chi connectivity index (χ0v) is 23.7. The minimum atomic E-state index is -1.11. The lowest BCUT2D eigenvalue weighted by Gasteiger charge is -2.14. The van der Waals surface area contributed by atoms with E-state index in [0.29, 0.717) is 31.4 Å². The van der Waals surface area contributed by atoms with Crippen LogP contribution in [0.25, 0.3) is 0 Å². The van der Waals surface area contributed by atoms with Crippen molar-refractivity contribution in [2.75, 3.05) is 6.54 Å². The Morgan fingerprint density at radius 2 is 1.40 bits per heavy atom. The Labute approximate surface area is 239 Å². The van der Waals surface area contributed by atoms with Gasteiger partial charge in [0.1, 0.15) is 6.04 Å². The van der Waals surface area contributed by atoms with Crippen LogP contribution in [0.15, 0.2) is 97.4 Å². The number of hydrogen-bond acceptors (Lipinski definition) is 4. The van der Waals surface area contributed by atoms with Crippen molar-refractivity contribution < 1.29 is 19.5 Å². The quantitative estimate of drug-likeness (QED) is 0.118. The summed E-state index contributed by atoms with van der Waals surface area (Å²) in [5.74, 6) is -1.67. The Morgan fingerprint density at radius 3 is 1.90 bits per heavy atom. The molecule has 2 amide bonds. The molecule has 1 atom stereocenters. The van der Waals surface area contributed by atoms with E-state index in [-0.39, 0.29) is 12.3 Å². The first kappa shape index (κ1) is 34.0. The van der Waals surface area contributed by atoms with Crippen LogP contribution in [0.2, 0.25) is 0 Å². The number of allylic oxidation sites excluding steroid dienone is 12. The van der Waals surface area contributed by atoms with Crippen LogP contribution in [0, 0.1) is 0 Å². The van der Waals surface area contributed by atoms with E-state index in [1.165, 1.54) is 12.4 Å². The number of carbonyl (C=O) groups excluding carboxylic acids is 2. The fourth-order valence-electron chi connectivity index (χ4n) is 3.47. The normalized spacial score (nSPS) is 12.9. The van der Waals surface area contributed by atoms with Crippen molar-refractivity contribution in [2.45, 2.75) is 77.2 Å². The van der Waals surface area contributed by atoms with Gasteiger partial charge in [-0.25, -0.2) is 4.79 Å². The number of pyridine rings is 1. The molecule has 7 nitrogen and oxygen atoms in total. The lowest BCUT2D eigenvalue weighted by molar-refractivity contribution is -0.139. The Bertz CT molecular complexity index is 1020. The molecule has 0 unspecified atom stereocenters. The lowest BCUT2D eigenvalue weighted by Crippen LogP contribution is -2.41. The van der Waals surface area contributed by atoms with Crippen LogP contribution in [-0.4, -0.2) is 40.5 Å². The number of carboxylic acid groups (broad SMARTS) is 1. The molecule has 0 saturated carbocycles. The smallest absolute Gasteiger partial charge is 0.326 e. The Hall–Kier alpha value is -4.00. The van der Waals surface area contributed by atoms with Crippen molar-refractivity contribution in [3.63, 3.8) is 0 Å². The van der Waals surface area contributed by atoms with E-state index in [9.17, 15) is 19.5 Å². The molecule has 0 aliphatic heterocycles. The topological polar surface area (TPSA) is 108 Å². The molecule has 0 saturated heterocycles. The van der Waals surface area contributed by atoms with Gasteiger partial charge in [-0.3, -0.25) is 14.6 Å². The number of hydrogen-bond donors (Lipinski definition) is 3. The Morgan fingerprint density at radius 1 is 0.850 bits per heavy atom. The molecule has 0 aromatic carbocycles. The van der Waals surface area contributed by atoms with Crippen molar-refractivity contribution in [1.82, 2.24) is 15.6 Å². The Kier molecular flexibility index (Phi) is 20.5. The Balaban J connectivity index is 2.07. The molecule has 3 N–H and O–H groups in total. The van der Waals surface area contributed by atoms with Crippen LogP contribution in [0.3, 0.4) is 0 Å². The molecule has 1 rings (SSSR count). The van der Waals surface area contributed by atoms with Crippen LogP contribution in [0.4, 0.5) is 0 Å². The predicted octanol–water partition coefficient (Wildman–Crippen LogP) is 6.64. The first-order chi connectivity index (χ1) is 19.5. The average Bonchev–Trinajstić information content (AvgIpc) is 2.96. The summed E-state index contributed by atoms with van der Waals surface area (Å²) in [5.41, 5.74) is 0.302. The van der Waals surface area contributed by atoms with E-state index in [4.69, 9.17) is 0 Å². The molecule has 1 aromatic heterocycles. The first-order valence-electron chi connectivity index (χ1n) is 14.1. The zero-order chi connectivity index (χ0) is 29.1. The molecule has 0 fully saturated rings. The molecule has 0 bridgehead atoms. The second-order valence-corrected chi connectivity index (χ2v) is 9.05. The largest absolute Gasteiger partial charge is 0.480 e. The van der Waals surface area contributed by atoms with Gasteiger partial charge in [-0.1, -0.05) is 79.8 Å². The van der Waals surface area contributed by atoms with Crippen LogP contribution < -0.4 is 10.6 Å². The number of aromatic nitrogens is 1. The van der Waals surface area contributed by atoms with E-state index in [2.05, 4.69) is 83.3 Å². The van der Waals surface area contributed by atoms with Crippen LogP contribution in [0.5, 0.6) is 0 Å². The average molecular weight is 548 g/mol. The summed E-state index contributed by atoms with van der Waals surface area (Å²) >= 11 is 0. The van der Waals surface area contributed by atoms with E-state index in [0.717, 1.165) is 38.5 Å². The second kappa shape index (κ2) is 24.1. The van der Waals surface area contributed by atoms with Crippen molar-refractivity contribution in [1.29, 1.82) is 0 Å². The summed E-state index contributed by atoms with van der Waals surface area (Å²) in [6.45, 7) is 2.50.